The molecule has 0 bridgehead atoms. The zero-order chi connectivity index (χ0) is 13.7. The lowest BCUT2D eigenvalue weighted by molar-refractivity contribution is -0.173. The summed E-state index contributed by atoms with van der Waals surface area (Å²) in [5.41, 5.74) is 0.480. The largest absolute Gasteiger partial charge is 0.380 e. The van der Waals surface area contributed by atoms with Gasteiger partial charge < -0.3 is 14.8 Å². The monoisotopic (exact) mass is 269 g/mol. The Balaban J connectivity index is 1.57. The Hall–Kier alpha value is -0.120. The average Bonchev–Trinajstić information content (AvgIpc) is 2.28. The minimum Gasteiger partial charge on any atom is -0.380 e. The third kappa shape index (κ3) is 3.50. The summed E-state index contributed by atoms with van der Waals surface area (Å²) < 4.78 is 11.5. The van der Waals surface area contributed by atoms with Gasteiger partial charge in [-0.15, -0.1) is 0 Å². The van der Waals surface area contributed by atoms with Gasteiger partial charge in [0.1, 0.15) is 0 Å². The molecule has 3 nitrogen and oxygen atoms in total. The van der Waals surface area contributed by atoms with E-state index >= 15 is 0 Å². The Morgan fingerprint density at radius 1 is 1.26 bits per heavy atom. The van der Waals surface area contributed by atoms with Crippen LogP contribution in [0.4, 0.5) is 0 Å². The van der Waals surface area contributed by atoms with Crippen molar-refractivity contribution >= 4 is 0 Å². The van der Waals surface area contributed by atoms with Crippen LogP contribution in [-0.4, -0.2) is 38.5 Å². The summed E-state index contributed by atoms with van der Waals surface area (Å²) in [6.45, 7) is 10.2. The van der Waals surface area contributed by atoms with Gasteiger partial charge in [0.25, 0.3) is 0 Å². The van der Waals surface area contributed by atoms with Crippen LogP contribution in [-0.2, 0) is 9.47 Å². The minimum absolute atomic E-state index is 0.480. The average molecular weight is 269 g/mol. The lowest BCUT2D eigenvalue weighted by Crippen LogP contribution is -2.67. The smallest absolute Gasteiger partial charge is 0.0661 e. The Morgan fingerprint density at radius 2 is 2.05 bits per heavy atom. The van der Waals surface area contributed by atoms with Crippen LogP contribution in [0.15, 0.2) is 0 Å². The topological polar surface area (TPSA) is 30.5 Å². The van der Waals surface area contributed by atoms with Crippen molar-refractivity contribution in [1.82, 2.24) is 5.32 Å². The predicted molar refractivity (Wildman–Crippen MR) is 78.4 cm³/mol. The maximum absolute atomic E-state index is 5.87. The first-order valence-corrected chi connectivity index (χ1v) is 8.11. The van der Waals surface area contributed by atoms with Crippen molar-refractivity contribution < 1.29 is 9.47 Å². The van der Waals surface area contributed by atoms with E-state index in [4.69, 9.17) is 9.47 Å². The molecule has 2 saturated carbocycles. The number of ether oxygens (including phenoxy) is 2. The van der Waals surface area contributed by atoms with Gasteiger partial charge in [-0.25, -0.2) is 0 Å². The minimum atomic E-state index is 0.480. The summed E-state index contributed by atoms with van der Waals surface area (Å²) in [5, 5.41) is 3.68. The molecule has 0 aromatic heterocycles. The van der Waals surface area contributed by atoms with Gasteiger partial charge in [-0.1, -0.05) is 20.3 Å². The van der Waals surface area contributed by atoms with Crippen LogP contribution in [0.25, 0.3) is 0 Å². The normalized spacial score (nSPS) is 28.4. The van der Waals surface area contributed by atoms with Crippen molar-refractivity contribution in [3.8, 4) is 0 Å². The fourth-order valence-corrected chi connectivity index (χ4v) is 3.45. The van der Waals surface area contributed by atoms with Crippen LogP contribution in [0.2, 0.25) is 0 Å². The highest BCUT2D eigenvalue weighted by atomic mass is 16.5. The molecule has 0 heterocycles. The van der Waals surface area contributed by atoms with E-state index in [0.717, 1.165) is 32.3 Å². The second-order valence-corrected chi connectivity index (χ2v) is 6.57. The van der Waals surface area contributed by atoms with Crippen LogP contribution in [0, 0.1) is 11.3 Å². The van der Waals surface area contributed by atoms with Gasteiger partial charge in [-0.2, -0.15) is 0 Å². The van der Waals surface area contributed by atoms with Crippen LogP contribution in [0.5, 0.6) is 0 Å². The van der Waals surface area contributed by atoms with Crippen LogP contribution >= 0.6 is 0 Å². The SMILES string of the molecule is CCOC1CC(NCCOCCC(C)C)C12CCC2. The molecule has 2 atom stereocenters. The predicted octanol–water partition coefficient (Wildman–Crippen LogP) is 2.99. The fraction of sp³-hybridized carbons (Fsp3) is 1.00. The van der Waals surface area contributed by atoms with E-state index in [-0.39, 0.29) is 0 Å². The summed E-state index contributed by atoms with van der Waals surface area (Å²) in [7, 11) is 0. The highest BCUT2D eigenvalue weighted by Gasteiger charge is 2.58. The molecule has 2 unspecified atom stereocenters. The first-order valence-electron chi connectivity index (χ1n) is 8.11. The third-order valence-corrected chi connectivity index (χ3v) is 4.91. The molecule has 0 saturated heterocycles. The van der Waals surface area contributed by atoms with Crippen molar-refractivity contribution in [2.45, 2.75) is 65.0 Å². The molecule has 0 aliphatic heterocycles. The fourth-order valence-electron chi connectivity index (χ4n) is 3.45. The van der Waals surface area contributed by atoms with Crippen molar-refractivity contribution in [3.05, 3.63) is 0 Å². The quantitative estimate of drug-likeness (QED) is 0.653. The van der Waals surface area contributed by atoms with E-state index in [1.165, 1.54) is 32.1 Å². The van der Waals surface area contributed by atoms with Gasteiger partial charge in [0.15, 0.2) is 0 Å². The van der Waals surface area contributed by atoms with E-state index in [9.17, 15) is 0 Å². The van der Waals surface area contributed by atoms with E-state index < -0.39 is 0 Å². The molecule has 2 aliphatic rings. The molecule has 19 heavy (non-hydrogen) atoms. The van der Waals surface area contributed by atoms with E-state index in [1.54, 1.807) is 0 Å². The zero-order valence-corrected chi connectivity index (χ0v) is 12.9. The maximum atomic E-state index is 5.87. The first kappa shape index (κ1) is 15.3. The summed E-state index contributed by atoms with van der Waals surface area (Å²) in [4.78, 5) is 0. The Bertz CT molecular complexity index is 263. The molecule has 3 heteroatoms. The Kier molecular flexibility index (Phi) is 5.67. The highest BCUT2D eigenvalue weighted by molar-refractivity contribution is 5.12. The zero-order valence-electron chi connectivity index (χ0n) is 12.9. The number of hydrogen-bond donors (Lipinski definition) is 1. The van der Waals surface area contributed by atoms with E-state index in [2.05, 4.69) is 26.1 Å². The van der Waals surface area contributed by atoms with Crippen LogP contribution in [0.1, 0.15) is 52.9 Å². The van der Waals surface area contributed by atoms with Crippen LogP contribution in [0.3, 0.4) is 0 Å². The highest BCUT2D eigenvalue weighted by Crippen LogP contribution is 2.57. The second-order valence-electron chi connectivity index (χ2n) is 6.57. The molecule has 2 aliphatic carbocycles. The van der Waals surface area contributed by atoms with Crippen molar-refractivity contribution in [2.75, 3.05) is 26.4 Å². The molecule has 2 rings (SSSR count). The molecular formula is C16H31NO2. The Labute approximate surface area is 118 Å². The summed E-state index contributed by atoms with van der Waals surface area (Å²) >= 11 is 0. The lowest BCUT2D eigenvalue weighted by Gasteiger charge is -2.61. The molecule has 0 amide bonds. The first-order chi connectivity index (χ1) is 9.19. The van der Waals surface area contributed by atoms with Crippen molar-refractivity contribution in [1.29, 1.82) is 0 Å². The molecule has 1 N–H and O–H groups in total. The van der Waals surface area contributed by atoms with Gasteiger partial charge in [0, 0.05) is 31.2 Å². The summed E-state index contributed by atoms with van der Waals surface area (Å²) in [5.74, 6) is 0.741. The molecular weight excluding hydrogens is 238 g/mol. The van der Waals surface area contributed by atoms with Gasteiger partial charge in [0.2, 0.25) is 0 Å². The van der Waals surface area contributed by atoms with Gasteiger partial charge in [0.05, 0.1) is 12.7 Å². The van der Waals surface area contributed by atoms with Crippen molar-refractivity contribution in [2.24, 2.45) is 11.3 Å². The summed E-state index contributed by atoms with van der Waals surface area (Å²) in [6, 6.07) is 0.673. The van der Waals surface area contributed by atoms with E-state index in [0.29, 0.717) is 17.6 Å². The lowest BCUT2D eigenvalue weighted by atomic mass is 9.51. The third-order valence-electron chi connectivity index (χ3n) is 4.91. The number of hydrogen-bond acceptors (Lipinski definition) is 3. The molecule has 0 aromatic carbocycles. The standard InChI is InChI=1S/C16H31NO2/c1-4-19-15-12-14(16(15)7-5-8-16)17-9-11-18-10-6-13(2)3/h13-15,17H,4-12H2,1-3H3. The maximum Gasteiger partial charge on any atom is 0.0661 e. The van der Waals surface area contributed by atoms with Gasteiger partial charge in [-0.05, 0) is 38.5 Å². The molecule has 1 spiro atoms. The van der Waals surface area contributed by atoms with E-state index in [1.807, 2.05) is 0 Å². The number of rotatable bonds is 9. The Morgan fingerprint density at radius 3 is 2.63 bits per heavy atom. The molecule has 0 radical (unpaired) electrons. The molecule has 0 aromatic rings. The second kappa shape index (κ2) is 7.05. The van der Waals surface area contributed by atoms with Gasteiger partial charge in [-0.3, -0.25) is 0 Å². The van der Waals surface area contributed by atoms with Crippen molar-refractivity contribution in [3.63, 3.8) is 0 Å². The van der Waals surface area contributed by atoms with Gasteiger partial charge >= 0.3 is 0 Å². The summed E-state index contributed by atoms with van der Waals surface area (Å²) in [6.07, 6.45) is 6.96. The molecule has 2 fully saturated rings. The van der Waals surface area contributed by atoms with Crippen LogP contribution < -0.4 is 5.32 Å². The molecule has 112 valence electrons. The number of nitrogens with one attached hydrogen (secondary N) is 1.